The number of aliphatic hydroxyl groups is 2. The first-order chi connectivity index (χ1) is 21.4. The van der Waals surface area contributed by atoms with Crippen molar-refractivity contribution in [1.82, 2.24) is 9.55 Å². The zero-order valence-electron chi connectivity index (χ0n) is 23.7. The molecule has 0 radical (unpaired) electrons. The number of phosphoric acid groups is 1. The van der Waals surface area contributed by atoms with Crippen molar-refractivity contribution >= 4 is 37.3 Å². The number of rotatable bonds is 9. The fourth-order valence-corrected chi connectivity index (χ4v) is 6.24. The number of amides is 1. The Kier molecular flexibility index (Phi) is 10.0. The van der Waals surface area contributed by atoms with E-state index in [1.54, 1.807) is 42.5 Å². The number of ether oxygens (including phenoxy) is 3. The number of hydrogen-bond acceptors (Lipinski definition) is 13. The average Bonchev–Trinajstić information content (AvgIpc) is 3.24. The first-order valence-corrected chi connectivity index (χ1v) is 15.4. The number of esters is 1. The van der Waals surface area contributed by atoms with Gasteiger partial charge in [-0.1, -0.05) is 41.9 Å². The molecule has 17 heteroatoms. The summed E-state index contributed by atoms with van der Waals surface area (Å²) in [7, 11) is -4.10. The number of anilines is 1. The van der Waals surface area contributed by atoms with E-state index >= 15 is 0 Å². The van der Waals surface area contributed by atoms with Crippen molar-refractivity contribution in [3.8, 4) is 0 Å². The van der Waals surface area contributed by atoms with Crippen LogP contribution in [-0.2, 0) is 32.3 Å². The summed E-state index contributed by atoms with van der Waals surface area (Å²) in [6, 6.07) is 16.1. The Morgan fingerprint density at radius 1 is 1.18 bits per heavy atom. The molecule has 2 saturated heterocycles. The standard InChI is InChI=1S/C28H29ClN3O12P/c1-28(37)23(33)21(15-42-45(38)41-13-11-20(44-45)18-8-5-9-19(29)14-18)43-25(28)32-12-10-22(30-26(32)35)31-27(36)40-16-39-24(34)17-6-3-2-4-7-17/h2-10,12,14,20-21,23,25,33,37H,11,13,15-16H2,1H3,(H,30,31,35,36)/t20-,21+,23+,25+,28+,45?/m0/s1. The number of nitrogens with zero attached hydrogens (tertiary/aromatic N) is 2. The lowest BCUT2D eigenvalue weighted by Gasteiger charge is -2.30. The van der Waals surface area contributed by atoms with Gasteiger partial charge in [-0.15, -0.1) is 0 Å². The maximum Gasteiger partial charge on any atom is 0.475 e. The SMILES string of the molecule is C[C@@]1(O)[C@H](O)[C@@H](COP2(=O)OCC[C@@H](c3cccc(Cl)c3)O2)O[C@H]1n1ccc(NC(=O)OCOC(=O)c2ccccc2)nc1=O. The molecule has 0 bridgehead atoms. The van der Waals surface area contributed by atoms with Crippen LogP contribution in [0, 0.1) is 0 Å². The van der Waals surface area contributed by atoms with E-state index in [1.807, 2.05) is 0 Å². The van der Waals surface area contributed by atoms with Crippen molar-refractivity contribution in [3.05, 3.63) is 93.5 Å². The van der Waals surface area contributed by atoms with E-state index in [4.69, 9.17) is 39.4 Å². The fraction of sp³-hybridized carbons (Fsp3) is 0.357. The molecular formula is C28H29ClN3O12P. The molecular weight excluding hydrogens is 637 g/mol. The van der Waals surface area contributed by atoms with E-state index in [0.29, 0.717) is 17.0 Å². The molecule has 1 unspecified atom stereocenters. The largest absolute Gasteiger partial charge is 0.475 e. The summed E-state index contributed by atoms with van der Waals surface area (Å²) < 4.78 is 45.8. The molecule has 2 aromatic carbocycles. The van der Waals surface area contributed by atoms with Gasteiger partial charge in [0.25, 0.3) is 0 Å². The lowest BCUT2D eigenvalue weighted by molar-refractivity contribution is -0.0989. The van der Waals surface area contributed by atoms with Crippen LogP contribution in [-0.4, -0.2) is 69.6 Å². The van der Waals surface area contributed by atoms with Gasteiger partial charge in [0, 0.05) is 17.6 Å². The van der Waals surface area contributed by atoms with Crippen LogP contribution >= 0.6 is 19.4 Å². The predicted molar refractivity (Wildman–Crippen MR) is 155 cm³/mol. The monoisotopic (exact) mass is 665 g/mol. The zero-order valence-corrected chi connectivity index (χ0v) is 25.3. The Labute approximate surface area is 261 Å². The second-order valence-electron chi connectivity index (χ2n) is 10.2. The number of benzene rings is 2. The lowest BCUT2D eigenvalue weighted by atomic mass is 9.96. The van der Waals surface area contributed by atoms with Crippen LogP contribution in [0.15, 0.2) is 71.7 Å². The minimum absolute atomic E-state index is 0.0662. The average molecular weight is 666 g/mol. The molecule has 1 aromatic heterocycles. The smallest absolute Gasteiger partial charge is 0.424 e. The van der Waals surface area contributed by atoms with Gasteiger partial charge in [0.1, 0.15) is 23.6 Å². The number of nitrogens with one attached hydrogen (secondary N) is 1. The van der Waals surface area contributed by atoms with Gasteiger partial charge in [-0.3, -0.25) is 23.5 Å². The van der Waals surface area contributed by atoms with Gasteiger partial charge >= 0.3 is 25.6 Å². The molecule has 3 N–H and O–H groups in total. The molecule has 0 saturated carbocycles. The van der Waals surface area contributed by atoms with Gasteiger partial charge in [-0.25, -0.2) is 18.9 Å². The number of hydrogen-bond donors (Lipinski definition) is 3. The molecule has 5 rings (SSSR count). The highest BCUT2D eigenvalue weighted by atomic mass is 35.5. The molecule has 240 valence electrons. The summed E-state index contributed by atoms with van der Waals surface area (Å²) in [6.45, 7) is 0.0908. The Bertz CT molecular complexity index is 1640. The van der Waals surface area contributed by atoms with Gasteiger partial charge in [-0.05, 0) is 42.8 Å². The Hall–Kier alpha value is -3.66. The van der Waals surface area contributed by atoms with E-state index < -0.39 is 69.1 Å². The summed E-state index contributed by atoms with van der Waals surface area (Å²) >= 11 is 6.05. The summed E-state index contributed by atoms with van der Waals surface area (Å²) in [4.78, 5) is 40.5. The number of carbonyl (C=O) groups is 2. The summed E-state index contributed by atoms with van der Waals surface area (Å²) in [5, 5.41) is 24.5. The summed E-state index contributed by atoms with van der Waals surface area (Å²) in [5.41, 5.74) is -2.04. The molecule has 45 heavy (non-hydrogen) atoms. The van der Waals surface area contributed by atoms with Crippen molar-refractivity contribution in [2.24, 2.45) is 0 Å². The van der Waals surface area contributed by atoms with Crippen LogP contribution in [0.25, 0.3) is 0 Å². The van der Waals surface area contributed by atoms with Gasteiger partial charge in [0.2, 0.25) is 6.79 Å². The van der Waals surface area contributed by atoms with Gasteiger partial charge in [0.15, 0.2) is 6.23 Å². The molecule has 2 aliphatic heterocycles. The molecule has 15 nitrogen and oxygen atoms in total. The second kappa shape index (κ2) is 13.8. The Balaban J connectivity index is 1.16. The van der Waals surface area contributed by atoms with Crippen molar-refractivity contribution in [2.75, 3.05) is 25.3 Å². The van der Waals surface area contributed by atoms with Gasteiger partial charge in [0.05, 0.1) is 24.9 Å². The van der Waals surface area contributed by atoms with Crippen LogP contribution in [0.3, 0.4) is 0 Å². The van der Waals surface area contributed by atoms with Crippen LogP contribution in [0.2, 0.25) is 5.02 Å². The zero-order chi connectivity index (χ0) is 32.2. The fourth-order valence-electron chi connectivity index (χ4n) is 4.65. The summed E-state index contributed by atoms with van der Waals surface area (Å²) in [5.74, 6) is -0.917. The quantitative estimate of drug-likeness (QED) is 0.171. The van der Waals surface area contributed by atoms with E-state index in [9.17, 15) is 29.2 Å². The molecule has 3 aromatic rings. The number of carbonyl (C=O) groups excluding carboxylic acids is 2. The third-order valence-electron chi connectivity index (χ3n) is 6.96. The highest BCUT2D eigenvalue weighted by Crippen LogP contribution is 2.57. The predicted octanol–water partition coefficient (Wildman–Crippen LogP) is 3.57. The third-order valence-corrected chi connectivity index (χ3v) is 8.67. The van der Waals surface area contributed by atoms with Crippen molar-refractivity contribution in [2.45, 2.75) is 43.5 Å². The van der Waals surface area contributed by atoms with E-state index in [1.165, 1.54) is 31.3 Å². The van der Waals surface area contributed by atoms with Crippen molar-refractivity contribution in [1.29, 1.82) is 0 Å². The van der Waals surface area contributed by atoms with E-state index in [2.05, 4.69) is 10.3 Å². The van der Waals surface area contributed by atoms with Crippen LogP contribution in [0.4, 0.5) is 10.6 Å². The number of phosphoric ester groups is 1. The topological polar surface area (TPSA) is 194 Å². The maximum absolute atomic E-state index is 13.2. The highest BCUT2D eigenvalue weighted by Gasteiger charge is 2.54. The number of halogens is 1. The number of aromatic nitrogens is 2. The maximum atomic E-state index is 13.2. The van der Waals surface area contributed by atoms with Crippen LogP contribution in [0.5, 0.6) is 0 Å². The second-order valence-corrected chi connectivity index (χ2v) is 12.2. The first kappa shape index (κ1) is 32.7. The van der Waals surface area contributed by atoms with E-state index in [-0.39, 0.29) is 18.0 Å². The molecule has 1 amide bonds. The minimum Gasteiger partial charge on any atom is -0.424 e. The first-order valence-electron chi connectivity index (χ1n) is 13.6. The molecule has 6 atom stereocenters. The lowest BCUT2D eigenvalue weighted by Crippen LogP contribution is -2.46. The Morgan fingerprint density at radius 3 is 2.69 bits per heavy atom. The number of aliphatic hydroxyl groups excluding tert-OH is 1. The summed E-state index contributed by atoms with van der Waals surface area (Å²) in [6.07, 6.45) is -4.42. The van der Waals surface area contributed by atoms with Crippen molar-refractivity contribution < 1.29 is 52.1 Å². The minimum atomic E-state index is -4.10. The molecule has 0 spiro atoms. The van der Waals surface area contributed by atoms with Crippen LogP contribution in [0.1, 0.15) is 41.6 Å². The van der Waals surface area contributed by atoms with Crippen LogP contribution < -0.4 is 11.0 Å². The molecule has 3 heterocycles. The third kappa shape index (κ3) is 7.77. The highest BCUT2D eigenvalue weighted by molar-refractivity contribution is 7.48. The molecule has 2 fully saturated rings. The van der Waals surface area contributed by atoms with E-state index in [0.717, 1.165) is 4.57 Å². The molecule has 0 aliphatic carbocycles. The van der Waals surface area contributed by atoms with Crippen molar-refractivity contribution in [3.63, 3.8) is 0 Å². The van der Waals surface area contributed by atoms with Gasteiger partial charge < -0.3 is 24.4 Å². The van der Waals surface area contributed by atoms with Gasteiger partial charge in [-0.2, -0.15) is 4.98 Å². The Morgan fingerprint density at radius 2 is 1.96 bits per heavy atom. The molecule has 2 aliphatic rings. The normalized spacial score (nSPS) is 27.9.